The summed E-state index contributed by atoms with van der Waals surface area (Å²) in [4.78, 5) is 0.784. The average Bonchev–Trinajstić information content (AvgIpc) is 3.02. The molecule has 0 aliphatic rings. The molecule has 0 amide bonds. The van der Waals surface area contributed by atoms with Crippen LogP contribution in [0, 0.1) is 0 Å². The van der Waals surface area contributed by atoms with Gasteiger partial charge in [0.1, 0.15) is 5.03 Å². The van der Waals surface area contributed by atoms with Crippen molar-refractivity contribution in [3.05, 3.63) is 60.2 Å². The number of alkyl halides is 1. The molecule has 0 fully saturated rings. The number of unbranched alkanes of at least 4 members (excludes halogenated alkanes) is 1. The van der Waals surface area contributed by atoms with Crippen LogP contribution in [0.25, 0.3) is 10.9 Å². The molecule has 0 saturated heterocycles. The number of nitrogens with zero attached hydrogens (tertiary/aromatic N) is 1. The molecule has 132 valence electrons. The van der Waals surface area contributed by atoms with Crippen molar-refractivity contribution >= 4 is 45.4 Å². The topological polar surface area (TPSA) is 34.0 Å². The van der Waals surface area contributed by atoms with Crippen LogP contribution in [-0.2, 0) is 16.9 Å². The zero-order valence-corrected chi connectivity index (χ0v) is 16.5. The zero-order chi connectivity index (χ0) is 17.6. The monoisotopic (exact) mass is 392 g/mol. The third-order valence-electron chi connectivity index (χ3n) is 3.87. The van der Waals surface area contributed by atoms with Gasteiger partial charge in [0.2, 0.25) is 0 Å². The molecular formula is C19H21ClN2OS2. The van der Waals surface area contributed by atoms with Gasteiger partial charge in [-0.05, 0) is 48.2 Å². The minimum Gasteiger partial charge on any atom is -0.259 e. The average molecular weight is 393 g/mol. The van der Waals surface area contributed by atoms with E-state index in [1.807, 2.05) is 52.5 Å². The first-order chi connectivity index (χ1) is 12.2. The predicted octanol–water partition coefficient (Wildman–Crippen LogP) is 5.35. The van der Waals surface area contributed by atoms with Gasteiger partial charge in [-0.3, -0.25) is 4.72 Å². The molecule has 0 aliphatic carbocycles. The van der Waals surface area contributed by atoms with Crippen LogP contribution in [0.4, 0.5) is 0 Å². The van der Waals surface area contributed by atoms with Gasteiger partial charge < -0.3 is 0 Å². The summed E-state index contributed by atoms with van der Waals surface area (Å²) in [6, 6.07) is 17.7. The van der Waals surface area contributed by atoms with Crippen LogP contribution in [-0.4, -0.2) is 14.7 Å². The van der Waals surface area contributed by atoms with Gasteiger partial charge in [0, 0.05) is 17.8 Å². The molecule has 1 aromatic heterocycles. The first kappa shape index (κ1) is 18.5. The second-order valence-electron chi connectivity index (χ2n) is 5.72. The summed E-state index contributed by atoms with van der Waals surface area (Å²) in [6.07, 6.45) is 2.26. The van der Waals surface area contributed by atoms with Crippen molar-refractivity contribution in [2.24, 2.45) is 0 Å². The summed E-state index contributed by atoms with van der Waals surface area (Å²) < 4.78 is 18.5. The summed E-state index contributed by atoms with van der Waals surface area (Å²) in [5.41, 5.74) is 1.97. The number of halogens is 1. The van der Waals surface area contributed by atoms with Crippen molar-refractivity contribution in [1.82, 2.24) is 8.69 Å². The second-order valence-corrected chi connectivity index (χ2v) is 8.23. The van der Waals surface area contributed by atoms with Crippen molar-refractivity contribution < 1.29 is 4.21 Å². The Morgan fingerprint density at radius 2 is 1.96 bits per heavy atom. The van der Waals surface area contributed by atoms with E-state index >= 15 is 0 Å². The largest absolute Gasteiger partial charge is 0.259 e. The molecule has 0 bridgehead atoms. The fourth-order valence-electron chi connectivity index (χ4n) is 2.54. The van der Waals surface area contributed by atoms with Crippen LogP contribution in [0.5, 0.6) is 0 Å². The molecule has 25 heavy (non-hydrogen) atoms. The van der Waals surface area contributed by atoms with Gasteiger partial charge in [-0.25, -0.2) is 8.18 Å². The second kappa shape index (κ2) is 8.90. The summed E-state index contributed by atoms with van der Waals surface area (Å²) in [7, 11) is -1.31. The minimum atomic E-state index is -1.31. The molecule has 0 saturated carbocycles. The summed E-state index contributed by atoms with van der Waals surface area (Å²) >= 11 is 7.53. The van der Waals surface area contributed by atoms with Crippen molar-refractivity contribution in [3.8, 4) is 0 Å². The van der Waals surface area contributed by atoms with E-state index in [1.54, 1.807) is 0 Å². The zero-order valence-electron chi connectivity index (χ0n) is 14.1. The first-order valence-electron chi connectivity index (χ1n) is 8.32. The Balaban J connectivity index is 2.03. The lowest BCUT2D eigenvalue weighted by Crippen LogP contribution is -2.10. The van der Waals surface area contributed by atoms with E-state index in [1.165, 1.54) is 11.9 Å². The Labute approximate surface area is 160 Å². The molecule has 0 aliphatic heterocycles. The smallest absolute Gasteiger partial charge is 0.158 e. The third kappa shape index (κ3) is 4.29. The summed E-state index contributed by atoms with van der Waals surface area (Å²) in [6.45, 7) is 3.09. The molecule has 3 rings (SSSR count). The summed E-state index contributed by atoms with van der Waals surface area (Å²) in [5.74, 6) is 0.441. The van der Waals surface area contributed by atoms with Gasteiger partial charge >= 0.3 is 0 Å². The maximum Gasteiger partial charge on any atom is 0.158 e. The quantitative estimate of drug-likeness (QED) is 0.319. The van der Waals surface area contributed by atoms with Crippen molar-refractivity contribution in [2.45, 2.75) is 35.6 Å². The van der Waals surface area contributed by atoms with Crippen molar-refractivity contribution in [2.75, 3.05) is 6.54 Å². The van der Waals surface area contributed by atoms with E-state index in [2.05, 4.69) is 17.7 Å². The molecule has 3 aromatic rings. The molecule has 2 aromatic carbocycles. The highest BCUT2D eigenvalue weighted by Gasteiger charge is 2.16. The number of aromatic nitrogens is 1. The maximum absolute atomic E-state index is 13.2. The van der Waals surface area contributed by atoms with Crippen LogP contribution < -0.4 is 4.72 Å². The van der Waals surface area contributed by atoms with Gasteiger partial charge in [-0.1, -0.05) is 43.7 Å². The number of hydrogen-bond acceptors (Lipinski definition) is 3. The van der Waals surface area contributed by atoms with Gasteiger partial charge in [-0.2, -0.15) is 0 Å². The lowest BCUT2D eigenvalue weighted by atomic mass is 10.2. The standard InChI is InChI=1S/C19H21ClN2OS2/c1-2-3-11-21-24-19-13-16-10-9-15(14-20)12-18(16)22(19)25(23)17-7-5-4-6-8-17/h4-10,12-13,21H,2-3,11,14H2,1H3. The SMILES string of the molecule is CCCCNSc1cc2ccc(CCl)cc2n1S(=O)c1ccccc1. The molecule has 3 nitrogen and oxygen atoms in total. The minimum absolute atomic E-state index is 0.441. The highest BCUT2D eigenvalue weighted by molar-refractivity contribution is 7.98. The van der Waals surface area contributed by atoms with E-state index in [0.717, 1.165) is 45.8 Å². The fraction of sp³-hybridized carbons (Fsp3) is 0.263. The molecule has 6 heteroatoms. The van der Waals surface area contributed by atoms with Gasteiger partial charge in [-0.15, -0.1) is 11.6 Å². The van der Waals surface area contributed by atoms with Crippen LogP contribution in [0.15, 0.2) is 64.5 Å². The highest BCUT2D eigenvalue weighted by Crippen LogP contribution is 2.30. The van der Waals surface area contributed by atoms with E-state index in [9.17, 15) is 4.21 Å². The Morgan fingerprint density at radius 3 is 2.68 bits per heavy atom. The van der Waals surface area contributed by atoms with Crippen LogP contribution >= 0.6 is 23.5 Å². The lowest BCUT2D eigenvalue weighted by Gasteiger charge is -2.11. The first-order valence-corrected chi connectivity index (χ1v) is 10.8. The number of fused-ring (bicyclic) bond motifs is 1. The number of hydrogen-bond donors (Lipinski definition) is 1. The number of rotatable bonds is 8. The molecule has 1 unspecified atom stereocenters. The normalized spacial score (nSPS) is 12.6. The Bertz CT molecular complexity index is 864. The summed E-state index contributed by atoms with van der Waals surface area (Å²) in [5, 5.41) is 2.01. The van der Waals surface area contributed by atoms with Crippen molar-refractivity contribution in [3.63, 3.8) is 0 Å². The molecular weight excluding hydrogens is 372 g/mol. The third-order valence-corrected chi connectivity index (χ3v) is 6.55. The number of benzene rings is 2. The van der Waals surface area contributed by atoms with E-state index in [0.29, 0.717) is 5.88 Å². The molecule has 1 heterocycles. The molecule has 1 atom stereocenters. The van der Waals surface area contributed by atoms with Gasteiger partial charge in [0.15, 0.2) is 11.0 Å². The Kier molecular flexibility index (Phi) is 6.59. The van der Waals surface area contributed by atoms with Crippen LogP contribution in [0.3, 0.4) is 0 Å². The molecule has 1 N–H and O–H groups in total. The maximum atomic E-state index is 13.2. The predicted molar refractivity (Wildman–Crippen MR) is 109 cm³/mol. The Hall–Kier alpha value is -1.27. The van der Waals surface area contributed by atoms with Crippen LogP contribution in [0.2, 0.25) is 0 Å². The highest BCUT2D eigenvalue weighted by atomic mass is 35.5. The molecule has 0 spiro atoms. The van der Waals surface area contributed by atoms with E-state index in [-0.39, 0.29) is 0 Å². The van der Waals surface area contributed by atoms with Crippen molar-refractivity contribution in [1.29, 1.82) is 0 Å². The Morgan fingerprint density at radius 1 is 1.16 bits per heavy atom. The van der Waals surface area contributed by atoms with E-state index in [4.69, 9.17) is 11.6 Å². The number of nitrogens with one attached hydrogen (secondary N) is 1. The van der Waals surface area contributed by atoms with Gasteiger partial charge in [0.25, 0.3) is 0 Å². The van der Waals surface area contributed by atoms with Gasteiger partial charge in [0.05, 0.1) is 10.4 Å². The lowest BCUT2D eigenvalue weighted by molar-refractivity contribution is 0.675. The van der Waals surface area contributed by atoms with E-state index < -0.39 is 11.0 Å². The fourth-order valence-corrected chi connectivity index (χ4v) is 4.94. The molecule has 0 radical (unpaired) electrons. The van der Waals surface area contributed by atoms with Crippen LogP contribution in [0.1, 0.15) is 25.3 Å².